The molecule has 3 nitrogen and oxygen atoms in total. The molecule has 1 heterocycles. The molecular formula is C10H11BrN2O. The number of phenols is 1. The topological polar surface area (TPSA) is 62.0 Å². The molecule has 0 saturated heterocycles. The number of halogens is 1. The molecule has 2 rings (SSSR count). The number of hydrogen-bond acceptors (Lipinski definition) is 2. The smallest absolute Gasteiger partial charge is 0.126 e. The second-order valence-electron chi connectivity index (χ2n) is 3.16. The van der Waals surface area contributed by atoms with Crippen molar-refractivity contribution >= 4 is 26.8 Å². The Morgan fingerprint density at radius 2 is 2.21 bits per heavy atom. The quantitative estimate of drug-likeness (QED) is 0.769. The van der Waals surface area contributed by atoms with Crippen LogP contribution in [0.25, 0.3) is 10.9 Å². The lowest BCUT2D eigenvalue weighted by atomic mass is 10.2. The van der Waals surface area contributed by atoms with Crippen LogP contribution in [0.4, 0.5) is 0 Å². The van der Waals surface area contributed by atoms with Gasteiger partial charge in [0, 0.05) is 16.6 Å². The van der Waals surface area contributed by atoms with Crippen molar-refractivity contribution in [1.29, 1.82) is 0 Å². The summed E-state index contributed by atoms with van der Waals surface area (Å²) < 4.78 is 0.913. The van der Waals surface area contributed by atoms with Crippen molar-refractivity contribution in [2.45, 2.75) is 6.42 Å². The lowest BCUT2D eigenvalue weighted by Gasteiger charge is -1.95. The highest BCUT2D eigenvalue weighted by Crippen LogP contribution is 2.34. The molecule has 0 amide bonds. The van der Waals surface area contributed by atoms with Crippen molar-refractivity contribution in [3.8, 4) is 5.75 Å². The first-order chi connectivity index (χ1) is 6.74. The van der Waals surface area contributed by atoms with Gasteiger partial charge in [-0.2, -0.15) is 0 Å². The summed E-state index contributed by atoms with van der Waals surface area (Å²) in [6.07, 6.45) is 0.773. The number of fused-ring (bicyclic) bond motifs is 1. The van der Waals surface area contributed by atoms with Crippen LogP contribution >= 0.6 is 15.9 Å². The van der Waals surface area contributed by atoms with E-state index in [2.05, 4.69) is 20.9 Å². The van der Waals surface area contributed by atoms with Gasteiger partial charge in [-0.3, -0.25) is 0 Å². The van der Waals surface area contributed by atoms with Crippen molar-refractivity contribution in [2.24, 2.45) is 5.73 Å². The van der Waals surface area contributed by atoms with Crippen LogP contribution in [0.1, 0.15) is 5.69 Å². The zero-order valence-corrected chi connectivity index (χ0v) is 9.13. The van der Waals surface area contributed by atoms with Crippen molar-refractivity contribution in [3.05, 3.63) is 28.4 Å². The van der Waals surface area contributed by atoms with Gasteiger partial charge in [-0.15, -0.1) is 0 Å². The molecule has 2 aromatic rings. The standard InChI is InChI=1S/C10H11BrN2O/c11-10-7(4-5-12)13-6-2-1-3-8(14)9(6)10/h1-3,13-14H,4-5,12H2. The minimum atomic E-state index is 0.286. The van der Waals surface area contributed by atoms with Crippen LogP contribution in [0.2, 0.25) is 0 Å². The van der Waals surface area contributed by atoms with Gasteiger partial charge in [0.2, 0.25) is 0 Å². The number of aromatic hydroxyl groups is 1. The van der Waals surface area contributed by atoms with Gasteiger partial charge in [0.25, 0.3) is 0 Å². The third-order valence-electron chi connectivity index (χ3n) is 2.21. The number of aromatic nitrogens is 1. The summed E-state index contributed by atoms with van der Waals surface area (Å²) in [4.78, 5) is 3.22. The van der Waals surface area contributed by atoms with E-state index in [1.54, 1.807) is 6.07 Å². The van der Waals surface area contributed by atoms with Crippen molar-refractivity contribution in [2.75, 3.05) is 6.54 Å². The summed E-state index contributed by atoms with van der Waals surface area (Å²) in [6.45, 7) is 0.589. The molecular weight excluding hydrogens is 244 g/mol. The molecule has 4 heteroatoms. The first kappa shape index (κ1) is 9.55. The monoisotopic (exact) mass is 254 g/mol. The summed E-state index contributed by atoms with van der Waals surface area (Å²) in [5.41, 5.74) is 7.45. The van der Waals surface area contributed by atoms with E-state index in [4.69, 9.17) is 5.73 Å². The number of rotatable bonds is 2. The maximum Gasteiger partial charge on any atom is 0.126 e. The molecule has 4 N–H and O–H groups in total. The van der Waals surface area contributed by atoms with E-state index < -0.39 is 0 Å². The van der Waals surface area contributed by atoms with E-state index in [-0.39, 0.29) is 5.75 Å². The Labute approximate surface area is 90.1 Å². The second-order valence-corrected chi connectivity index (χ2v) is 3.95. The molecule has 0 bridgehead atoms. The number of aromatic amines is 1. The largest absolute Gasteiger partial charge is 0.507 e. The number of nitrogens with one attached hydrogen (secondary N) is 1. The average Bonchev–Trinajstić information content (AvgIpc) is 2.46. The van der Waals surface area contributed by atoms with Gasteiger partial charge >= 0.3 is 0 Å². The molecule has 0 spiro atoms. The zero-order valence-electron chi connectivity index (χ0n) is 7.55. The van der Waals surface area contributed by atoms with Gasteiger partial charge in [0.05, 0.1) is 10.9 Å². The maximum absolute atomic E-state index is 9.65. The summed E-state index contributed by atoms with van der Waals surface area (Å²) >= 11 is 3.46. The van der Waals surface area contributed by atoms with Crippen LogP contribution in [0.5, 0.6) is 5.75 Å². The summed E-state index contributed by atoms with van der Waals surface area (Å²) in [5.74, 6) is 0.286. The molecule has 1 aromatic heterocycles. The predicted octanol–water partition coefficient (Wildman–Crippen LogP) is 2.14. The molecule has 0 fully saturated rings. The van der Waals surface area contributed by atoms with E-state index in [9.17, 15) is 5.11 Å². The van der Waals surface area contributed by atoms with Crippen LogP contribution in [0, 0.1) is 0 Å². The molecule has 0 radical (unpaired) electrons. The third-order valence-corrected chi connectivity index (χ3v) is 3.08. The molecule has 1 aromatic carbocycles. The predicted molar refractivity (Wildman–Crippen MR) is 60.4 cm³/mol. The number of hydrogen-bond donors (Lipinski definition) is 3. The van der Waals surface area contributed by atoms with E-state index >= 15 is 0 Å². The van der Waals surface area contributed by atoms with Gasteiger partial charge in [-0.1, -0.05) is 6.07 Å². The third kappa shape index (κ3) is 1.40. The van der Waals surface area contributed by atoms with E-state index in [0.29, 0.717) is 6.54 Å². The highest BCUT2D eigenvalue weighted by atomic mass is 79.9. The Bertz CT molecular complexity index is 464. The van der Waals surface area contributed by atoms with Gasteiger partial charge in [0.1, 0.15) is 5.75 Å². The van der Waals surface area contributed by atoms with Crippen LogP contribution in [0.3, 0.4) is 0 Å². The van der Waals surface area contributed by atoms with E-state index in [1.165, 1.54) is 0 Å². The molecule has 74 valence electrons. The normalized spacial score (nSPS) is 11.0. The molecule has 14 heavy (non-hydrogen) atoms. The van der Waals surface area contributed by atoms with Crippen molar-refractivity contribution < 1.29 is 5.11 Å². The minimum absolute atomic E-state index is 0.286. The highest BCUT2D eigenvalue weighted by molar-refractivity contribution is 9.10. The lowest BCUT2D eigenvalue weighted by molar-refractivity contribution is 0.481. The molecule has 0 aliphatic carbocycles. The Hall–Kier alpha value is -1.00. The SMILES string of the molecule is NCCc1[nH]c2cccc(O)c2c1Br. The summed E-state index contributed by atoms with van der Waals surface area (Å²) in [5, 5.41) is 10.5. The maximum atomic E-state index is 9.65. The number of nitrogens with two attached hydrogens (primary N) is 1. The highest BCUT2D eigenvalue weighted by Gasteiger charge is 2.10. The first-order valence-electron chi connectivity index (χ1n) is 4.42. The van der Waals surface area contributed by atoms with Gasteiger partial charge in [-0.05, 0) is 34.6 Å². The van der Waals surface area contributed by atoms with Crippen molar-refractivity contribution in [1.82, 2.24) is 4.98 Å². The fourth-order valence-electron chi connectivity index (χ4n) is 1.56. The fraction of sp³-hybridized carbons (Fsp3) is 0.200. The van der Waals surface area contributed by atoms with Crippen LogP contribution in [-0.2, 0) is 6.42 Å². The fourth-order valence-corrected chi connectivity index (χ4v) is 2.27. The Kier molecular flexibility index (Phi) is 2.48. The Morgan fingerprint density at radius 1 is 1.43 bits per heavy atom. The number of benzene rings is 1. The molecule has 0 aliphatic rings. The lowest BCUT2D eigenvalue weighted by Crippen LogP contribution is -2.03. The van der Waals surface area contributed by atoms with Gasteiger partial charge in [-0.25, -0.2) is 0 Å². The molecule has 0 unspecified atom stereocenters. The van der Waals surface area contributed by atoms with Crippen molar-refractivity contribution in [3.63, 3.8) is 0 Å². The second kappa shape index (κ2) is 3.63. The number of phenolic OH excluding ortho intramolecular Hbond substituents is 1. The molecule has 0 atom stereocenters. The van der Waals surface area contributed by atoms with Gasteiger partial charge < -0.3 is 15.8 Å². The van der Waals surface area contributed by atoms with Crippen LogP contribution < -0.4 is 5.73 Å². The molecule has 0 aliphatic heterocycles. The summed E-state index contributed by atoms with van der Waals surface area (Å²) in [7, 11) is 0. The van der Waals surface area contributed by atoms with Crippen LogP contribution in [-0.4, -0.2) is 16.6 Å². The first-order valence-corrected chi connectivity index (χ1v) is 5.21. The van der Waals surface area contributed by atoms with E-state index in [0.717, 1.165) is 27.5 Å². The molecule has 0 saturated carbocycles. The van der Waals surface area contributed by atoms with E-state index in [1.807, 2.05) is 12.1 Å². The number of H-pyrrole nitrogens is 1. The average molecular weight is 255 g/mol. The van der Waals surface area contributed by atoms with Gasteiger partial charge in [0.15, 0.2) is 0 Å². The minimum Gasteiger partial charge on any atom is -0.507 e. The Morgan fingerprint density at radius 3 is 2.86 bits per heavy atom. The zero-order chi connectivity index (χ0) is 10.1. The Balaban J connectivity index is 2.68. The van der Waals surface area contributed by atoms with Crippen LogP contribution in [0.15, 0.2) is 22.7 Å². The summed E-state index contributed by atoms with van der Waals surface area (Å²) in [6, 6.07) is 5.42.